The van der Waals surface area contributed by atoms with Crippen molar-refractivity contribution in [1.82, 2.24) is 0 Å². The molecule has 1 aromatic carbocycles. The highest BCUT2D eigenvalue weighted by atomic mass is 79.9. The summed E-state index contributed by atoms with van der Waals surface area (Å²) in [6.45, 7) is 7.08. The molecule has 0 aliphatic heterocycles. The molecule has 1 aromatic rings. The molecule has 2 N–H and O–H groups in total. The van der Waals surface area contributed by atoms with Gasteiger partial charge in [-0.3, -0.25) is 19.2 Å². The van der Waals surface area contributed by atoms with Crippen LogP contribution in [0.2, 0.25) is 0 Å². The Morgan fingerprint density at radius 1 is 0.935 bits per heavy atom. The first kappa shape index (κ1) is 26.6. The van der Waals surface area contributed by atoms with Gasteiger partial charge in [0, 0.05) is 10.9 Å². The van der Waals surface area contributed by atoms with E-state index in [2.05, 4.69) is 15.9 Å². The van der Waals surface area contributed by atoms with Gasteiger partial charge in [-0.2, -0.15) is 0 Å². The average Bonchev–Trinajstić information content (AvgIpc) is 3.12. The number of benzene rings is 1. The van der Waals surface area contributed by atoms with Gasteiger partial charge in [-0.25, -0.2) is 0 Å². The smallest absolute Gasteiger partial charge is 0.324 e. The van der Waals surface area contributed by atoms with Gasteiger partial charge in [-0.15, -0.1) is 0 Å². The van der Waals surface area contributed by atoms with E-state index in [1.807, 2.05) is 18.2 Å². The predicted octanol–water partition coefficient (Wildman–Crippen LogP) is 3.62. The van der Waals surface area contributed by atoms with E-state index in [0.29, 0.717) is 12.8 Å². The van der Waals surface area contributed by atoms with Gasteiger partial charge in [0.05, 0.1) is 13.2 Å². The predicted molar refractivity (Wildman–Crippen MR) is 116 cm³/mol. The molecule has 0 aromatic heterocycles. The standard InChI is InChI=1S/C15H17BrO4.C7H12O4/c1-3-19-13(17)15(14(18)20-4-2)8-10-6-5-7-12(16)11(10)9-15;1-3-7(4-2,5(8)9)6(10)11/h5-7H,3-4,8-9H2,1-2H3;3-4H2,1-2H3,(H,8,9)(H,10,11). The molecule has 0 spiro atoms. The lowest BCUT2D eigenvalue weighted by molar-refractivity contribution is -0.171. The first-order valence-electron chi connectivity index (χ1n) is 10.1. The van der Waals surface area contributed by atoms with Crippen LogP contribution in [0.5, 0.6) is 0 Å². The number of carbonyl (C=O) groups is 4. The third-order valence-electron chi connectivity index (χ3n) is 5.54. The van der Waals surface area contributed by atoms with Gasteiger partial charge in [-0.05, 0) is 50.3 Å². The highest BCUT2D eigenvalue weighted by Crippen LogP contribution is 2.42. The molecule has 0 radical (unpaired) electrons. The Bertz CT molecular complexity index is 795. The van der Waals surface area contributed by atoms with E-state index in [-0.39, 0.29) is 26.1 Å². The summed E-state index contributed by atoms with van der Waals surface area (Å²) in [6.07, 6.45) is 0.892. The van der Waals surface area contributed by atoms with Gasteiger partial charge in [0.25, 0.3) is 0 Å². The van der Waals surface area contributed by atoms with Crippen molar-refractivity contribution >= 4 is 39.8 Å². The molecule has 0 heterocycles. The summed E-state index contributed by atoms with van der Waals surface area (Å²) in [6, 6.07) is 5.74. The molecule has 31 heavy (non-hydrogen) atoms. The van der Waals surface area contributed by atoms with Gasteiger partial charge >= 0.3 is 23.9 Å². The summed E-state index contributed by atoms with van der Waals surface area (Å²) in [5, 5.41) is 17.2. The third-order valence-corrected chi connectivity index (χ3v) is 6.29. The maximum atomic E-state index is 12.3. The van der Waals surface area contributed by atoms with Crippen molar-refractivity contribution in [2.75, 3.05) is 13.2 Å². The zero-order valence-corrected chi connectivity index (χ0v) is 19.8. The topological polar surface area (TPSA) is 127 Å². The molecule has 2 rings (SSSR count). The van der Waals surface area contributed by atoms with Crippen LogP contribution in [0.1, 0.15) is 51.7 Å². The van der Waals surface area contributed by atoms with E-state index in [1.54, 1.807) is 27.7 Å². The van der Waals surface area contributed by atoms with E-state index in [0.717, 1.165) is 15.6 Å². The van der Waals surface area contributed by atoms with E-state index in [9.17, 15) is 19.2 Å². The fourth-order valence-electron chi connectivity index (χ4n) is 3.51. The van der Waals surface area contributed by atoms with E-state index < -0.39 is 34.7 Å². The number of halogens is 1. The number of esters is 2. The second kappa shape index (κ2) is 11.3. The normalized spacial score (nSPS) is 14.0. The number of hydrogen-bond acceptors (Lipinski definition) is 6. The molecule has 0 saturated heterocycles. The van der Waals surface area contributed by atoms with E-state index in [4.69, 9.17) is 19.7 Å². The van der Waals surface area contributed by atoms with Crippen LogP contribution in [0.4, 0.5) is 0 Å². The van der Waals surface area contributed by atoms with Crippen LogP contribution in [0.25, 0.3) is 0 Å². The average molecular weight is 501 g/mol. The molecule has 0 amide bonds. The van der Waals surface area contributed by atoms with E-state index in [1.165, 1.54) is 0 Å². The maximum Gasteiger partial charge on any atom is 0.324 e. The Balaban J connectivity index is 0.000000373. The molecule has 9 heteroatoms. The second-order valence-corrected chi connectivity index (χ2v) is 8.01. The SMILES string of the molecule is CCC(CC)(C(=O)O)C(=O)O.CCOC(=O)C1(C(=O)OCC)Cc2cccc(Br)c2C1. The Kier molecular flexibility index (Phi) is 9.68. The van der Waals surface area contributed by atoms with Crippen molar-refractivity contribution in [3.8, 4) is 0 Å². The molecule has 172 valence electrons. The first-order valence-corrected chi connectivity index (χ1v) is 10.9. The largest absolute Gasteiger partial charge is 0.480 e. The van der Waals surface area contributed by atoms with Crippen LogP contribution in [0.15, 0.2) is 22.7 Å². The van der Waals surface area contributed by atoms with Crippen molar-refractivity contribution in [1.29, 1.82) is 0 Å². The van der Waals surface area contributed by atoms with Crippen LogP contribution in [0, 0.1) is 10.8 Å². The Morgan fingerprint density at radius 2 is 1.42 bits per heavy atom. The number of carbonyl (C=O) groups excluding carboxylic acids is 2. The minimum Gasteiger partial charge on any atom is -0.480 e. The first-order chi connectivity index (χ1) is 14.6. The van der Waals surface area contributed by atoms with Crippen molar-refractivity contribution in [3.05, 3.63) is 33.8 Å². The highest BCUT2D eigenvalue weighted by molar-refractivity contribution is 9.10. The number of hydrogen-bond donors (Lipinski definition) is 2. The van der Waals surface area contributed by atoms with Crippen LogP contribution in [-0.4, -0.2) is 47.3 Å². The second-order valence-electron chi connectivity index (χ2n) is 7.15. The number of carboxylic acids is 2. The van der Waals surface area contributed by atoms with Crippen molar-refractivity contribution in [3.63, 3.8) is 0 Å². The Morgan fingerprint density at radius 3 is 1.74 bits per heavy atom. The van der Waals surface area contributed by atoms with Gasteiger partial charge in [0.2, 0.25) is 0 Å². The lowest BCUT2D eigenvalue weighted by atomic mass is 9.83. The molecular formula is C22H29BrO8. The lowest BCUT2D eigenvalue weighted by Crippen LogP contribution is -2.43. The van der Waals surface area contributed by atoms with Gasteiger partial charge < -0.3 is 19.7 Å². The third kappa shape index (κ3) is 5.44. The van der Waals surface area contributed by atoms with Crippen molar-refractivity contribution in [2.45, 2.75) is 53.4 Å². The molecular weight excluding hydrogens is 472 g/mol. The zero-order chi connectivity index (χ0) is 23.8. The van der Waals surface area contributed by atoms with Crippen molar-refractivity contribution in [2.24, 2.45) is 10.8 Å². The molecule has 0 saturated carbocycles. The van der Waals surface area contributed by atoms with Gasteiger partial charge in [-0.1, -0.05) is 41.9 Å². The monoisotopic (exact) mass is 500 g/mol. The molecule has 8 nitrogen and oxygen atoms in total. The molecule has 0 bridgehead atoms. The van der Waals surface area contributed by atoms with Crippen LogP contribution < -0.4 is 0 Å². The number of carboxylic acid groups (broad SMARTS) is 2. The molecule has 1 aliphatic carbocycles. The minimum atomic E-state index is -1.58. The van der Waals surface area contributed by atoms with E-state index >= 15 is 0 Å². The molecule has 0 fully saturated rings. The minimum absolute atomic E-state index is 0.119. The number of aliphatic carboxylic acids is 2. The van der Waals surface area contributed by atoms with Gasteiger partial charge in [0.15, 0.2) is 10.8 Å². The van der Waals surface area contributed by atoms with Crippen LogP contribution >= 0.6 is 15.9 Å². The number of ether oxygens (including phenoxy) is 2. The summed E-state index contributed by atoms with van der Waals surface area (Å²) >= 11 is 3.47. The Hall–Kier alpha value is -2.42. The number of rotatable bonds is 8. The molecule has 0 unspecified atom stereocenters. The van der Waals surface area contributed by atoms with Crippen LogP contribution in [-0.2, 0) is 41.5 Å². The summed E-state index contributed by atoms with van der Waals surface area (Å²) in [5.74, 6) is -3.51. The molecule has 0 atom stereocenters. The highest BCUT2D eigenvalue weighted by Gasteiger charge is 2.53. The summed E-state index contributed by atoms with van der Waals surface area (Å²) in [7, 11) is 0. The zero-order valence-electron chi connectivity index (χ0n) is 18.2. The fraction of sp³-hybridized carbons (Fsp3) is 0.545. The van der Waals surface area contributed by atoms with Crippen molar-refractivity contribution < 1.29 is 38.9 Å². The lowest BCUT2D eigenvalue weighted by Gasteiger charge is -2.24. The summed E-state index contributed by atoms with van der Waals surface area (Å²) < 4.78 is 11.1. The van der Waals surface area contributed by atoms with Gasteiger partial charge in [0.1, 0.15) is 0 Å². The maximum absolute atomic E-state index is 12.3. The van der Waals surface area contributed by atoms with Crippen LogP contribution in [0.3, 0.4) is 0 Å². The number of fused-ring (bicyclic) bond motifs is 1. The molecule has 1 aliphatic rings. The fourth-order valence-corrected chi connectivity index (χ4v) is 4.06. The quantitative estimate of drug-likeness (QED) is 0.409. The Labute approximate surface area is 190 Å². The summed E-state index contributed by atoms with van der Waals surface area (Å²) in [4.78, 5) is 45.7. The summed E-state index contributed by atoms with van der Waals surface area (Å²) in [5.41, 5.74) is -0.854.